The number of nitrogens with zero attached hydrogens (tertiary/aromatic N) is 1. The van der Waals surface area contributed by atoms with Crippen molar-refractivity contribution in [1.29, 1.82) is 0 Å². The minimum Gasteiger partial charge on any atom is -0.296 e. The maximum atomic E-state index is 12.1. The third-order valence-electron chi connectivity index (χ3n) is 2.83. The fraction of sp³-hybridized carbons (Fsp3) is 0.615. The van der Waals surface area contributed by atoms with Crippen LogP contribution in [0.15, 0.2) is 15.9 Å². The van der Waals surface area contributed by atoms with E-state index in [-0.39, 0.29) is 5.78 Å². The van der Waals surface area contributed by atoms with Gasteiger partial charge in [-0.1, -0.05) is 13.8 Å². The average molecular weight is 318 g/mol. The standard InChI is InChI=1S/C13H20BrNOS/c1-9(2)7-10(3)15(4)8-12(16)13-11(14)5-6-17-13/h5-6,9-10H,7-8H2,1-4H3. The van der Waals surface area contributed by atoms with Crippen LogP contribution in [0, 0.1) is 5.92 Å². The minimum atomic E-state index is 0.199. The molecule has 1 heterocycles. The van der Waals surface area contributed by atoms with Gasteiger partial charge in [-0.25, -0.2) is 0 Å². The molecule has 96 valence electrons. The molecule has 0 aromatic carbocycles. The van der Waals surface area contributed by atoms with Gasteiger partial charge in [-0.3, -0.25) is 9.69 Å². The van der Waals surface area contributed by atoms with Crippen molar-refractivity contribution in [3.8, 4) is 0 Å². The van der Waals surface area contributed by atoms with E-state index in [0.717, 1.165) is 15.8 Å². The highest BCUT2D eigenvalue weighted by atomic mass is 79.9. The summed E-state index contributed by atoms with van der Waals surface area (Å²) in [6.07, 6.45) is 1.12. The van der Waals surface area contributed by atoms with Crippen LogP contribution >= 0.6 is 27.3 Å². The summed E-state index contributed by atoms with van der Waals surface area (Å²) in [6, 6.07) is 2.37. The molecule has 0 amide bonds. The van der Waals surface area contributed by atoms with Crippen LogP contribution in [0.2, 0.25) is 0 Å². The number of thiophene rings is 1. The van der Waals surface area contributed by atoms with Gasteiger partial charge in [-0.15, -0.1) is 11.3 Å². The second kappa shape index (κ2) is 6.66. The Bertz CT molecular complexity index is 375. The lowest BCUT2D eigenvalue weighted by molar-refractivity contribution is 0.0920. The Morgan fingerprint density at radius 3 is 2.59 bits per heavy atom. The zero-order valence-corrected chi connectivity index (χ0v) is 13.3. The number of rotatable bonds is 6. The molecule has 1 aromatic rings. The van der Waals surface area contributed by atoms with Crippen LogP contribution in [0.3, 0.4) is 0 Å². The summed E-state index contributed by atoms with van der Waals surface area (Å²) in [5.41, 5.74) is 0. The SMILES string of the molecule is CC(C)CC(C)N(C)CC(=O)c1sccc1Br. The summed E-state index contributed by atoms with van der Waals surface area (Å²) < 4.78 is 0.914. The Balaban J connectivity index is 2.54. The maximum absolute atomic E-state index is 12.1. The van der Waals surface area contributed by atoms with E-state index in [9.17, 15) is 4.79 Å². The topological polar surface area (TPSA) is 20.3 Å². The predicted molar refractivity (Wildman–Crippen MR) is 77.9 cm³/mol. The van der Waals surface area contributed by atoms with E-state index in [1.807, 2.05) is 18.5 Å². The Morgan fingerprint density at radius 2 is 2.12 bits per heavy atom. The largest absolute Gasteiger partial charge is 0.296 e. The molecular weight excluding hydrogens is 298 g/mol. The van der Waals surface area contributed by atoms with E-state index in [1.54, 1.807) is 0 Å². The normalized spacial score (nSPS) is 13.4. The summed E-state index contributed by atoms with van der Waals surface area (Å²) in [5, 5.41) is 1.94. The molecule has 0 radical (unpaired) electrons. The van der Waals surface area contributed by atoms with Gasteiger partial charge in [0.05, 0.1) is 11.4 Å². The third-order valence-corrected chi connectivity index (χ3v) is 4.71. The number of likely N-dealkylation sites (N-methyl/N-ethyl adjacent to an activating group) is 1. The van der Waals surface area contributed by atoms with Crippen LogP contribution in [-0.2, 0) is 0 Å². The molecule has 1 unspecified atom stereocenters. The Morgan fingerprint density at radius 1 is 1.47 bits per heavy atom. The summed E-state index contributed by atoms with van der Waals surface area (Å²) in [7, 11) is 2.02. The summed E-state index contributed by atoms with van der Waals surface area (Å²) >= 11 is 4.91. The lowest BCUT2D eigenvalue weighted by Crippen LogP contribution is -2.34. The quantitative estimate of drug-likeness (QED) is 0.737. The molecule has 0 fully saturated rings. The Hall–Kier alpha value is -0.190. The van der Waals surface area contributed by atoms with Gasteiger partial charge in [0.2, 0.25) is 0 Å². The lowest BCUT2D eigenvalue weighted by Gasteiger charge is -2.25. The Labute approximate surface area is 116 Å². The minimum absolute atomic E-state index is 0.199. The Kier molecular flexibility index (Phi) is 5.83. The van der Waals surface area contributed by atoms with Gasteiger partial charge in [0, 0.05) is 10.5 Å². The van der Waals surface area contributed by atoms with Crippen LogP contribution in [0.25, 0.3) is 0 Å². The van der Waals surface area contributed by atoms with Gasteiger partial charge < -0.3 is 0 Å². The number of hydrogen-bond acceptors (Lipinski definition) is 3. The molecule has 4 heteroatoms. The zero-order chi connectivity index (χ0) is 13.0. The molecule has 0 aliphatic heterocycles. The van der Waals surface area contributed by atoms with Gasteiger partial charge in [0.1, 0.15) is 0 Å². The molecule has 0 saturated heterocycles. The number of Topliss-reactive ketones (excluding diaryl/α,β-unsaturated/α-hetero) is 1. The van der Waals surface area contributed by atoms with E-state index >= 15 is 0 Å². The second-order valence-electron chi connectivity index (χ2n) is 4.91. The fourth-order valence-electron chi connectivity index (χ4n) is 1.81. The summed E-state index contributed by atoms with van der Waals surface area (Å²) in [4.78, 5) is 15.0. The monoisotopic (exact) mass is 317 g/mol. The molecule has 0 aliphatic carbocycles. The van der Waals surface area contributed by atoms with E-state index in [0.29, 0.717) is 18.5 Å². The first-order chi connectivity index (χ1) is 7.91. The predicted octanol–water partition coefficient (Wildman–Crippen LogP) is 4.06. The molecule has 0 N–H and O–H groups in total. The lowest BCUT2D eigenvalue weighted by atomic mass is 10.0. The van der Waals surface area contributed by atoms with E-state index in [1.165, 1.54) is 11.3 Å². The first-order valence-electron chi connectivity index (χ1n) is 5.88. The van der Waals surface area contributed by atoms with E-state index < -0.39 is 0 Å². The van der Waals surface area contributed by atoms with Crippen molar-refractivity contribution in [3.05, 3.63) is 20.8 Å². The molecule has 1 rings (SSSR count). The molecule has 0 saturated carbocycles. The number of halogens is 1. The first kappa shape index (κ1) is 14.9. The molecule has 17 heavy (non-hydrogen) atoms. The molecule has 0 aliphatic rings. The van der Waals surface area contributed by atoms with Gasteiger partial charge in [0.15, 0.2) is 5.78 Å². The molecule has 0 spiro atoms. The number of carbonyl (C=O) groups is 1. The van der Waals surface area contributed by atoms with Crippen LogP contribution in [0.4, 0.5) is 0 Å². The van der Waals surface area contributed by atoms with Crippen molar-refractivity contribution in [1.82, 2.24) is 4.90 Å². The maximum Gasteiger partial charge on any atom is 0.187 e. The van der Waals surface area contributed by atoms with Crippen molar-refractivity contribution in [2.45, 2.75) is 33.2 Å². The first-order valence-corrected chi connectivity index (χ1v) is 7.55. The highest BCUT2D eigenvalue weighted by Crippen LogP contribution is 2.23. The van der Waals surface area contributed by atoms with Crippen molar-refractivity contribution >= 4 is 33.0 Å². The molecule has 0 bridgehead atoms. The summed E-state index contributed by atoms with van der Waals surface area (Å²) in [5.74, 6) is 0.862. The highest BCUT2D eigenvalue weighted by molar-refractivity contribution is 9.10. The van der Waals surface area contributed by atoms with E-state index in [4.69, 9.17) is 0 Å². The van der Waals surface area contributed by atoms with Gasteiger partial charge in [-0.05, 0) is 53.7 Å². The van der Waals surface area contributed by atoms with Crippen LogP contribution < -0.4 is 0 Å². The van der Waals surface area contributed by atoms with Gasteiger partial charge in [0.25, 0.3) is 0 Å². The highest BCUT2D eigenvalue weighted by Gasteiger charge is 2.17. The van der Waals surface area contributed by atoms with Crippen molar-refractivity contribution in [2.24, 2.45) is 5.92 Å². The zero-order valence-electron chi connectivity index (χ0n) is 10.9. The fourth-order valence-corrected chi connectivity index (χ4v) is 3.33. The van der Waals surface area contributed by atoms with Crippen molar-refractivity contribution in [2.75, 3.05) is 13.6 Å². The number of hydrogen-bond donors (Lipinski definition) is 0. The average Bonchev–Trinajstić information content (AvgIpc) is 2.63. The van der Waals surface area contributed by atoms with Gasteiger partial charge >= 0.3 is 0 Å². The molecule has 2 nitrogen and oxygen atoms in total. The van der Waals surface area contributed by atoms with Crippen molar-refractivity contribution in [3.63, 3.8) is 0 Å². The second-order valence-corrected chi connectivity index (χ2v) is 6.68. The van der Waals surface area contributed by atoms with Gasteiger partial charge in [-0.2, -0.15) is 0 Å². The van der Waals surface area contributed by atoms with Crippen LogP contribution in [0.5, 0.6) is 0 Å². The molecule has 1 atom stereocenters. The molecular formula is C13H20BrNOS. The van der Waals surface area contributed by atoms with E-state index in [2.05, 4.69) is 41.6 Å². The number of carbonyl (C=O) groups excluding carboxylic acids is 1. The summed E-state index contributed by atoms with van der Waals surface area (Å²) in [6.45, 7) is 7.09. The van der Waals surface area contributed by atoms with Crippen LogP contribution in [-0.4, -0.2) is 30.3 Å². The third kappa shape index (κ3) is 4.53. The van der Waals surface area contributed by atoms with Crippen LogP contribution in [0.1, 0.15) is 36.9 Å². The molecule has 1 aromatic heterocycles. The van der Waals surface area contributed by atoms with Crippen molar-refractivity contribution < 1.29 is 4.79 Å². The smallest absolute Gasteiger partial charge is 0.187 e. The number of ketones is 1.